The topological polar surface area (TPSA) is 98.8 Å². The van der Waals surface area contributed by atoms with Gasteiger partial charge in [-0.25, -0.2) is 9.98 Å². The number of morpholine rings is 1. The molecular weight excluding hydrogens is 478 g/mol. The number of hydrogen-bond donors (Lipinski definition) is 1. The van der Waals surface area contributed by atoms with Crippen LogP contribution in [0.1, 0.15) is 22.4 Å². The minimum Gasteiger partial charge on any atom is -0.452 e. The predicted octanol–water partition coefficient (Wildman–Crippen LogP) is 3.77. The lowest BCUT2D eigenvalue weighted by Gasteiger charge is -2.37. The number of anilines is 1. The first-order valence-electron chi connectivity index (χ1n) is 11.8. The average Bonchev–Trinajstić information content (AvgIpc) is 3.23. The van der Waals surface area contributed by atoms with Crippen LogP contribution < -0.4 is 15.4 Å². The third-order valence-corrected chi connectivity index (χ3v) is 7.02. The van der Waals surface area contributed by atoms with Crippen molar-refractivity contribution in [3.63, 3.8) is 0 Å². The molecule has 3 aliphatic heterocycles. The van der Waals surface area contributed by atoms with Gasteiger partial charge in [0, 0.05) is 47.7 Å². The summed E-state index contributed by atoms with van der Waals surface area (Å²) in [5.41, 5.74) is 8.25. The summed E-state index contributed by atoms with van der Waals surface area (Å²) in [5.74, 6) is -0.344. The van der Waals surface area contributed by atoms with Crippen LogP contribution in [0.25, 0.3) is 11.1 Å². The lowest BCUT2D eigenvalue weighted by atomic mass is 9.75. The molecule has 1 aromatic carbocycles. The molecular formula is C27H20F2N6O2. The van der Waals surface area contributed by atoms with Gasteiger partial charge in [0.05, 0.1) is 13.2 Å². The highest BCUT2D eigenvalue weighted by Crippen LogP contribution is 2.56. The van der Waals surface area contributed by atoms with Gasteiger partial charge in [-0.3, -0.25) is 4.98 Å². The van der Waals surface area contributed by atoms with Gasteiger partial charge in [0.2, 0.25) is 5.95 Å². The number of ether oxygens (including phenoxy) is 2. The van der Waals surface area contributed by atoms with Gasteiger partial charge in [0.1, 0.15) is 28.6 Å². The van der Waals surface area contributed by atoms with Gasteiger partial charge in [-0.05, 0) is 42.0 Å². The number of nitrogens with two attached hydrogens (primary N) is 1. The number of halogens is 2. The van der Waals surface area contributed by atoms with E-state index in [0.29, 0.717) is 71.4 Å². The molecule has 4 aromatic rings. The lowest BCUT2D eigenvalue weighted by molar-refractivity contribution is 0.122. The van der Waals surface area contributed by atoms with Gasteiger partial charge in [-0.2, -0.15) is 13.8 Å². The fourth-order valence-electron chi connectivity index (χ4n) is 5.34. The summed E-state index contributed by atoms with van der Waals surface area (Å²) in [7, 11) is 0. The number of amidine groups is 1. The maximum Gasteiger partial charge on any atom is 0.258 e. The number of pyridine rings is 3. The fourth-order valence-corrected chi connectivity index (χ4v) is 5.34. The zero-order valence-corrected chi connectivity index (χ0v) is 19.5. The summed E-state index contributed by atoms with van der Waals surface area (Å²) in [6, 6.07) is 13.9. The molecule has 2 N–H and O–H groups in total. The fraction of sp³-hybridized carbons (Fsp3) is 0.185. The summed E-state index contributed by atoms with van der Waals surface area (Å²) < 4.78 is 41.8. The van der Waals surface area contributed by atoms with E-state index in [1.54, 1.807) is 48.7 Å². The molecule has 8 nitrogen and oxygen atoms in total. The molecule has 0 saturated carbocycles. The van der Waals surface area contributed by atoms with Crippen molar-refractivity contribution in [2.75, 3.05) is 31.2 Å². The first-order valence-corrected chi connectivity index (χ1v) is 11.8. The van der Waals surface area contributed by atoms with Gasteiger partial charge < -0.3 is 20.1 Å². The van der Waals surface area contributed by atoms with Crippen LogP contribution in [-0.2, 0) is 10.3 Å². The molecule has 7 rings (SSSR count). The van der Waals surface area contributed by atoms with E-state index < -0.39 is 17.4 Å². The Morgan fingerprint density at radius 2 is 1.70 bits per heavy atom. The van der Waals surface area contributed by atoms with Gasteiger partial charge in [0.25, 0.3) is 5.95 Å². The second-order valence-corrected chi connectivity index (χ2v) is 9.01. The Labute approximate surface area is 210 Å². The number of hydrogen-bond acceptors (Lipinski definition) is 8. The summed E-state index contributed by atoms with van der Waals surface area (Å²) >= 11 is 0. The molecule has 1 fully saturated rings. The molecule has 37 heavy (non-hydrogen) atoms. The Morgan fingerprint density at radius 1 is 0.892 bits per heavy atom. The number of aromatic nitrogens is 3. The van der Waals surface area contributed by atoms with Crippen molar-refractivity contribution in [1.29, 1.82) is 0 Å². The Hall–Kier alpha value is -4.44. The van der Waals surface area contributed by atoms with E-state index in [1.807, 2.05) is 11.0 Å². The van der Waals surface area contributed by atoms with Gasteiger partial charge in [-0.1, -0.05) is 12.1 Å². The van der Waals surface area contributed by atoms with Crippen LogP contribution in [0.4, 0.5) is 14.6 Å². The molecule has 0 radical (unpaired) electrons. The number of rotatable bonds is 2. The number of aliphatic imine (C=N–C) groups is 1. The van der Waals surface area contributed by atoms with E-state index in [9.17, 15) is 4.39 Å². The van der Waals surface area contributed by atoms with Crippen LogP contribution in [0.2, 0.25) is 0 Å². The summed E-state index contributed by atoms with van der Waals surface area (Å²) in [6.07, 6.45) is 3.03. The molecule has 1 saturated heterocycles. The largest absolute Gasteiger partial charge is 0.452 e. The van der Waals surface area contributed by atoms with Crippen molar-refractivity contribution in [3.8, 4) is 22.6 Å². The number of fused-ring (bicyclic) bond motifs is 6. The SMILES string of the molecule is NC1=N[C@]2(c3cc(-c4cccnc4F)ccc3Oc3c2cc(N2CCOCC2)nc3F)c2cccnc21. The second kappa shape index (κ2) is 8.04. The Balaban J connectivity index is 1.52. The smallest absolute Gasteiger partial charge is 0.258 e. The molecule has 0 aliphatic carbocycles. The van der Waals surface area contributed by atoms with Crippen molar-refractivity contribution >= 4 is 11.7 Å². The molecule has 6 heterocycles. The van der Waals surface area contributed by atoms with Gasteiger partial charge in [-0.15, -0.1) is 0 Å². The Kier molecular flexibility index (Phi) is 4.74. The first kappa shape index (κ1) is 21.8. The molecule has 3 aromatic heterocycles. The Bertz CT molecular complexity index is 1600. The van der Waals surface area contributed by atoms with E-state index in [-0.39, 0.29) is 11.6 Å². The highest BCUT2D eigenvalue weighted by Gasteiger charge is 2.51. The highest BCUT2D eigenvalue weighted by molar-refractivity contribution is 6.02. The van der Waals surface area contributed by atoms with Crippen molar-refractivity contribution < 1.29 is 18.3 Å². The molecule has 0 unspecified atom stereocenters. The van der Waals surface area contributed by atoms with E-state index in [4.69, 9.17) is 20.2 Å². The summed E-state index contributed by atoms with van der Waals surface area (Å²) in [5, 5.41) is 0. The minimum atomic E-state index is -1.27. The Morgan fingerprint density at radius 3 is 2.54 bits per heavy atom. The van der Waals surface area contributed by atoms with Crippen molar-refractivity contribution in [1.82, 2.24) is 15.0 Å². The first-order chi connectivity index (χ1) is 18.1. The molecule has 184 valence electrons. The standard InChI is InChI=1S/C27H20F2N6O2/c28-24-16(3-1-8-32-24)15-5-6-20-18(13-15)27(17-4-2-7-31-22(17)26(30)34-27)19-14-21(33-25(29)23(19)37-20)35-9-11-36-12-10-35/h1-8,13-14H,9-12H2,(H2,30,34)/t27-/m0/s1. The van der Waals surface area contributed by atoms with Crippen LogP contribution in [0.3, 0.4) is 0 Å². The molecule has 0 amide bonds. The van der Waals surface area contributed by atoms with Gasteiger partial charge >= 0.3 is 0 Å². The quantitative estimate of drug-likeness (QED) is 0.420. The van der Waals surface area contributed by atoms with Crippen LogP contribution in [0.15, 0.2) is 65.9 Å². The zero-order chi connectivity index (χ0) is 25.1. The maximum absolute atomic E-state index is 15.6. The molecule has 1 spiro atoms. The predicted molar refractivity (Wildman–Crippen MR) is 132 cm³/mol. The average molecular weight is 498 g/mol. The van der Waals surface area contributed by atoms with Crippen LogP contribution in [-0.4, -0.2) is 47.1 Å². The van der Waals surface area contributed by atoms with Crippen LogP contribution in [0.5, 0.6) is 11.5 Å². The minimum absolute atomic E-state index is 0.0296. The number of benzene rings is 1. The maximum atomic E-state index is 15.6. The molecule has 0 bridgehead atoms. The highest BCUT2D eigenvalue weighted by atomic mass is 19.1. The van der Waals surface area contributed by atoms with E-state index in [1.165, 1.54) is 6.20 Å². The number of nitrogens with zero attached hydrogens (tertiary/aromatic N) is 5. The van der Waals surface area contributed by atoms with Crippen molar-refractivity contribution in [2.45, 2.75) is 5.54 Å². The van der Waals surface area contributed by atoms with Crippen LogP contribution in [0, 0.1) is 11.9 Å². The van der Waals surface area contributed by atoms with E-state index >= 15 is 4.39 Å². The third-order valence-electron chi connectivity index (χ3n) is 7.02. The molecule has 1 atom stereocenters. The lowest BCUT2D eigenvalue weighted by Crippen LogP contribution is -2.38. The summed E-state index contributed by atoms with van der Waals surface area (Å²) in [4.78, 5) is 19.3. The van der Waals surface area contributed by atoms with E-state index in [0.717, 1.165) is 0 Å². The molecule has 10 heteroatoms. The third kappa shape index (κ3) is 3.15. The van der Waals surface area contributed by atoms with E-state index in [2.05, 4.69) is 15.0 Å². The van der Waals surface area contributed by atoms with Gasteiger partial charge in [0.15, 0.2) is 5.75 Å². The summed E-state index contributed by atoms with van der Waals surface area (Å²) in [6.45, 7) is 2.18. The normalized spacial score (nSPS) is 19.6. The zero-order valence-electron chi connectivity index (χ0n) is 19.5. The second-order valence-electron chi connectivity index (χ2n) is 9.01. The molecule has 3 aliphatic rings. The monoisotopic (exact) mass is 498 g/mol. The van der Waals surface area contributed by atoms with Crippen LogP contribution >= 0.6 is 0 Å². The van der Waals surface area contributed by atoms with Crippen molar-refractivity contribution in [3.05, 3.63) is 95.2 Å². The van der Waals surface area contributed by atoms with Crippen molar-refractivity contribution in [2.24, 2.45) is 10.7 Å².